The molecule has 0 saturated carbocycles. The van der Waals surface area contributed by atoms with E-state index in [4.69, 9.17) is 32.7 Å². The first-order valence-electron chi connectivity index (χ1n) is 12.1. The van der Waals surface area contributed by atoms with Gasteiger partial charge in [0.2, 0.25) is 5.91 Å². The minimum atomic E-state index is -0.564. The summed E-state index contributed by atoms with van der Waals surface area (Å²) in [6, 6.07) is 5.61. The van der Waals surface area contributed by atoms with Gasteiger partial charge in [0.25, 0.3) is 5.91 Å². The Morgan fingerprint density at radius 2 is 2.03 bits per heavy atom. The molecule has 2 aromatic rings. The normalized spacial score (nSPS) is 16.2. The van der Waals surface area contributed by atoms with Crippen LogP contribution < -0.4 is 10.6 Å². The Balaban J connectivity index is 1.34. The lowest BCUT2D eigenvalue weighted by Gasteiger charge is -2.33. The second kappa shape index (κ2) is 14.5. The van der Waals surface area contributed by atoms with Gasteiger partial charge in [-0.1, -0.05) is 41.0 Å². The molecule has 13 heteroatoms. The van der Waals surface area contributed by atoms with Gasteiger partial charge in [-0.05, 0) is 38.5 Å². The van der Waals surface area contributed by atoms with Crippen LogP contribution >= 0.6 is 46.3 Å². The number of aromatic nitrogens is 1. The molecule has 0 bridgehead atoms. The SMILES string of the molecule is CC(C)(C)OC(=O)CCNC(=O)c1csc(SCC(=O)NCC2CN(Cc3ccc(Cl)c(Cl)c3)CCO2)n1. The Morgan fingerprint density at radius 1 is 1.24 bits per heavy atom. The molecule has 1 unspecified atom stereocenters. The highest BCUT2D eigenvalue weighted by Crippen LogP contribution is 2.24. The molecule has 0 aliphatic carbocycles. The molecule has 38 heavy (non-hydrogen) atoms. The van der Waals surface area contributed by atoms with Crippen LogP contribution in [0.25, 0.3) is 0 Å². The zero-order valence-electron chi connectivity index (χ0n) is 21.6. The zero-order valence-corrected chi connectivity index (χ0v) is 24.7. The molecule has 0 spiro atoms. The maximum atomic E-state index is 12.4. The monoisotopic (exact) mass is 602 g/mol. The zero-order chi connectivity index (χ0) is 27.7. The average Bonchev–Trinajstić information content (AvgIpc) is 3.32. The van der Waals surface area contributed by atoms with E-state index in [-0.39, 0.29) is 48.3 Å². The molecular formula is C25H32Cl2N4O5S2. The van der Waals surface area contributed by atoms with Crippen molar-refractivity contribution in [3.05, 3.63) is 44.9 Å². The Morgan fingerprint density at radius 3 is 2.76 bits per heavy atom. The van der Waals surface area contributed by atoms with Crippen molar-refractivity contribution in [1.29, 1.82) is 0 Å². The fourth-order valence-corrected chi connectivity index (χ4v) is 5.50. The third kappa shape index (κ3) is 10.7. The summed E-state index contributed by atoms with van der Waals surface area (Å²) in [7, 11) is 0. The lowest BCUT2D eigenvalue weighted by molar-refractivity contribution is -0.154. The molecule has 1 aliphatic heterocycles. The standard InChI is InChI=1S/C25H32Cl2N4O5S2/c1-25(2,3)36-22(33)6-7-28-23(34)20-14-37-24(30-20)38-15-21(32)29-11-17-13-31(8-9-35-17)12-16-4-5-18(26)19(27)10-16/h4-5,10,14,17H,6-9,11-13,15H2,1-3H3,(H,28,34)(H,29,32). The van der Waals surface area contributed by atoms with Crippen molar-refractivity contribution in [3.63, 3.8) is 0 Å². The summed E-state index contributed by atoms with van der Waals surface area (Å²) in [4.78, 5) is 42.9. The van der Waals surface area contributed by atoms with E-state index in [1.807, 2.05) is 12.1 Å². The molecule has 1 aliphatic rings. The van der Waals surface area contributed by atoms with E-state index in [9.17, 15) is 14.4 Å². The molecule has 1 fully saturated rings. The van der Waals surface area contributed by atoms with Gasteiger partial charge < -0.3 is 20.1 Å². The number of nitrogens with one attached hydrogen (secondary N) is 2. The Kier molecular flexibility index (Phi) is 11.7. The summed E-state index contributed by atoms with van der Waals surface area (Å²) >= 11 is 14.7. The van der Waals surface area contributed by atoms with E-state index in [1.165, 1.54) is 23.1 Å². The van der Waals surface area contributed by atoms with Crippen LogP contribution in [0.1, 0.15) is 43.2 Å². The first kappa shape index (κ1) is 30.6. The maximum absolute atomic E-state index is 12.4. The number of thioether (sulfide) groups is 1. The van der Waals surface area contributed by atoms with Gasteiger partial charge in [-0.25, -0.2) is 4.98 Å². The number of amides is 2. The van der Waals surface area contributed by atoms with Gasteiger partial charge in [-0.2, -0.15) is 0 Å². The molecule has 1 aromatic carbocycles. The number of thiazole rings is 1. The van der Waals surface area contributed by atoms with E-state index in [2.05, 4.69) is 20.5 Å². The number of hydrogen-bond acceptors (Lipinski definition) is 9. The topological polar surface area (TPSA) is 110 Å². The summed E-state index contributed by atoms with van der Waals surface area (Å²) in [5.74, 6) is -0.719. The van der Waals surface area contributed by atoms with Crippen LogP contribution in [0.5, 0.6) is 0 Å². The summed E-state index contributed by atoms with van der Waals surface area (Å²) in [6.07, 6.45) is -0.0383. The first-order valence-corrected chi connectivity index (χ1v) is 14.7. The van der Waals surface area contributed by atoms with Crippen molar-refractivity contribution in [3.8, 4) is 0 Å². The third-order valence-corrected chi connectivity index (χ3v) is 7.98. The fraction of sp³-hybridized carbons (Fsp3) is 0.520. The quantitative estimate of drug-likeness (QED) is 0.293. The second-order valence-electron chi connectivity index (χ2n) is 9.66. The van der Waals surface area contributed by atoms with Gasteiger partial charge in [0.05, 0.1) is 34.9 Å². The molecule has 1 atom stereocenters. The molecule has 2 heterocycles. The van der Waals surface area contributed by atoms with Crippen molar-refractivity contribution >= 4 is 64.1 Å². The number of carbonyl (C=O) groups excluding carboxylic acids is 3. The van der Waals surface area contributed by atoms with Crippen molar-refractivity contribution in [1.82, 2.24) is 20.5 Å². The van der Waals surface area contributed by atoms with Crippen LogP contribution in [0.4, 0.5) is 0 Å². The van der Waals surface area contributed by atoms with Gasteiger partial charge in [0.15, 0.2) is 4.34 Å². The molecule has 3 rings (SSSR count). The molecule has 208 valence electrons. The molecule has 1 saturated heterocycles. The van der Waals surface area contributed by atoms with Crippen LogP contribution in [0.2, 0.25) is 10.0 Å². The van der Waals surface area contributed by atoms with E-state index >= 15 is 0 Å². The lowest BCUT2D eigenvalue weighted by Crippen LogP contribution is -2.47. The average molecular weight is 604 g/mol. The van der Waals surface area contributed by atoms with Crippen molar-refractivity contribution in [2.45, 2.75) is 49.8 Å². The number of ether oxygens (including phenoxy) is 2. The predicted molar refractivity (Wildman–Crippen MR) is 150 cm³/mol. The summed E-state index contributed by atoms with van der Waals surface area (Å²) in [5, 5.41) is 8.26. The minimum absolute atomic E-state index is 0.0763. The maximum Gasteiger partial charge on any atom is 0.308 e. The van der Waals surface area contributed by atoms with Crippen LogP contribution in [-0.4, -0.2) is 77.9 Å². The summed E-state index contributed by atoms with van der Waals surface area (Å²) < 4.78 is 11.6. The van der Waals surface area contributed by atoms with Crippen LogP contribution in [0.3, 0.4) is 0 Å². The van der Waals surface area contributed by atoms with E-state index in [1.54, 1.807) is 32.2 Å². The highest BCUT2D eigenvalue weighted by atomic mass is 35.5. The molecule has 0 radical (unpaired) electrons. The van der Waals surface area contributed by atoms with Crippen LogP contribution in [-0.2, 0) is 25.6 Å². The van der Waals surface area contributed by atoms with Crippen molar-refractivity contribution in [2.75, 3.05) is 38.5 Å². The number of carbonyl (C=O) groups is 3. The summed E-state index contributed by atoms with van der Waals surface area (Å²) in [5.41, 5.74) is 0.755. The highest BCUT2D eigenvalue weighted by Gasteiger charge is 2.22. The minimum Gasteiger partial charge on any atom is -0.460 e. The van der Waals surface area contributed by atoms with E-state index in [0.29, 0.717) is 34.1 Å². The smallest absolute Gasteiger partial charge is 0.308 e. The first-order chi connectivity index (χ1) is 18.0. The van der Waals surface area contributed by atoms with Gasteiger partial charge in [-0.15, -0.1) is 11.3 Å². The number of nitrogens with zero attached hydrogens (tertiary/aromatic N) is 2. The lowest BCUT2D eigenvalue weighted by atomic mass is 10.2. The Hall–Kier alpha value is -1.89. The van der Waals surface area contributed by atoms with E-state index in [0.717, 1.165) is 18.7 Å². The van der Waals surface area contributed by atoms with E-state index < -0.39 is 5.60 Å². The van der Waals surface area contributed by atoms with Crippen molar-refractivity contribution in [2.24, 2.45) is 0 Å². The Bertz CT molecular complexity index is 1130. The summed E-state index contributed by atoms with van der Waals surface area (Å²) in [6.45, 7) is 8.71. The predicted octanol–water partition coefficient (Wildman–Crippen LogP) is 4.02. The largest absolute Gasteiger partial charge is 0.460 e. The Labute approximate surface area is 240 Å². The third-order valence-electron chi connectivity index (χ3n) is 5.22. The van der Waals surface area contributed by atoms with Crippen LogP contribution in [0, 0.1) is 0 Å². The number of halogens is 2. The molecule has 2 amide bonds. The molecular weight excluding hydrogens is 571 g/mol. The van der Waals surface area contributed by atoms with Crippen LogP contribution in [0.15, 0.2) is 27.9 Å². The fourth-order valence-electron chi connectivity index (χ4n) is 3.54. The molecule has 9 nitrogen and oxygen atoms in total. The molecule has 2 N–H and O–H groups in total. The number of morpholine rings is 1. The number of rotatable bonds is 11. The van der Waals surface area contributed by atoms with Gasteiger partial charge in [0, 0.05) is 38.1 Å². The highest BCUT2D eigenvalue weighted by molar-refractivity contribution is 8.01. The van der Waals surface area contributed by atoms with Gasteiger partial charge >= 0.3 is 5.97 Å². The number of benzene rings is 1. The van der Waals surface area contributed by atoms with Crippen molar-refractivity contribution < 1.29 is 23.9 Å². The number of hydrogen-bond donors (Lipinski definition) is 2. The molecule has 1 aromatic heterocycles. The van der Waals surface area contributed by atoms with Gasteiger partial charge in [0.1, 0.15) is 11.3 Å². The van der Waals surface area contributed by atoms with Gasteiger partial charge in [-0.3, -0.25) is 19.3 Å². The second-order valence-corrected chi connectivity index (χ2v) is 12.6. The number of esters is 1.